The summed E-state index contributed by atoms with van der Waals surface area (Å²) in [6.45, 7) is 6.91. The van der Waals surface area contributed by atoms with Crippen LogP contribution in [0.3, 0.4) is 0 Å². The fourth-order valence-corrected chi connectivity index (χ4v) is 3.27. The van der Waals surface area contributed by atoms with E-state index in [4.69, 9.17) is 0 Å². The molecule has 1 aromatic carbocycles. The zero-order chi connectivity index (χ0) is 13.9. The van der Waals surface area contributed by atoms with Gasteiger partial charge in [-0.25, -0.2) is 0 Å². The van der Waals surface area contributed by atoms with Gasteiger partial charge in [0.2, 0.25) is 0 Å². The number of para-hydroxylation sites is 1. The third kappa shape index (κ3) is 2.74. The number of hydrogen-bond donors (Lipinski definition) is 1. The van der Waals surface area contributed by atoms with Gasteiger partial charge in [0.15, 0.2) is 0 Å². The molecule has 108 valence electrons. The molecule has 1 aliphatic heterocycles. The summed E-state index contributed by atoms with van der Waals surface area (Å²) in [5.74, 6) is 0. The van der Waals surface area contributed by atoms with Crippen molar-refractivity contribution in [1.29, 1.82) is 0 Å². The Morgan fingerprint density at radius 3 is 2.70 bits per heavy atom. The minimum absolute atomic E-state index is 0.678. The molecule has 0 unspecified atom stereocenters. The van der Waals surface area contributed by atoms with Crippen LogP contribution in [0.25, 0.3) is 10.9 Å². The zero-order valence-corrected chi connectivity index (χ0v) is 12.6. The summed E-state index contributed by atoms with van der Waals surface area (Å²) in [6.07, 6.45) is 4.82. The van der Waals surface area contributed by atoms with Gasteiger partial charge in [0.25, 0.3) is 0 Å². The van der Waals surface area contributed by atoms with E-state index in [-0.39, 0.29) is 0 Å². The van der Waals surface area contributed by atoms with Gasteiger partial charge in [-0.15, -0.1) is 0 Å². The van der Waals surface area contributed by atoms with Crippen LogP contribution in [0.2, 0.25) is 0 Å². The first-order valence-corrected chi connectivity index (χ1v) is 7.76. The molecule has 0 atom stereocenters. The van der Waals surface area contributed by atoms with E-state index in [1.807, 2.05) is 0 Å². The molecule has 20 heavy (non-hydrogen) atoms. The highest BCUT2D eigenvalue weighted by Crippen LogP contribution is 2.20. The summed E-state index contributed by atoms with van der Waals surface area (Å²) >= 11 is 0. The molecule has 2 heterocycles. The number of benzene rings is 1. The number of fused-ring (bicyclic) bond motifs is 1. The van der Waals surface area contributed by atoms with Crippen molar-refractivity contribution in [2.75, 3.05) is 19.6 Å². The van der Waals surface area contributed by atoms with E-state index in [1.165, 1.54) is 48.9 Å². The van der Waals surface area contributed by atoms with Gasteiger partial charge in [-0.05, 0) is 44.1 Å². The molecule has 0 spiro atoms. The molecule has 1 fully saturated rings. The summed E-state index contributed by atoms with van der Waals surface area (Å²) < 4.78 is 2.23. The maximum Gasteiger partial charge on any atom is 0.0481 e. The molecule has 2 aromatic rings. The van der Waals surface area contributed by atoms with Crippen LogP contribution < -0.4 is 5.32 Å². The average molecular weight is 271 g/mol. The minimum Gasteiger partial charge on any atom is -0.350 e. The zero-order valence-electron chi connectivity index (χ0n) is 12.6. The predicted octanol–water partition coefficient (Wildman–Crippen LogP) is 2.75. The van der Waals surface area contributed by atoms with Gasteiger partial charge in [0.1, 0.15) is 0 Å². The second-order valence-electron chi connectivity index (χ2n) is 5.87. The Balaban J connectivity index is 1.63. The fourth-order valence-electron chi connectivity index (χ4n) is 3.27. The molecule has 1 aromatic heterocycles. The number of hydrogen-bond acceptors (Lipinski definition) is 2. The first-order valence-electron chi connectivity index (χ1n) is 7.76. The fraction of sp³-hybridized carbons (Fsp3) is 0.529. The maximum absolute atomic E-state index is 3.75. The van der Waals surface area contributed by atoms with E-state index in [0.29, 0.717) is 6.04 Å². The van der Waals surface area contributed by atoms with Crippen molar-refractivity contribution in [3.8, 4) is 0 Å². The van der Waals surface area contributed by atoms with Crippen LogP contribution in [0.5, 0.6) is 0 Å². The van der Waals surface area contributed by atoms with E-state index in [0.717, 1.165) is 6.54 Å². The largest absolute Gasteiger partial charge is 0.350 e. The quantitative estimate of drug-likeness (QED) is 0.922. The van der Waals surface area contributed by atoms with Gasteiger partial charge in [0.05, 0.1) is 0 Å². The van der Waals surface area contributed by atoms with Gasteiger partial charge in [0, 0.05) is 36.7 Å². The Labute approximate surface area is 121 Å². The molecule has 0 radical (unpaired) electrons. The van der Waals surface area contributed by atoms with Crippen LogP contribution in [0.1, 0.15) is 25.3 Å². The molecule has 1 aliphatic rings. The molecule has 0 aliphatic carbocycles. The van der Waals surface area contributed by atoms with Crippen LogP contribution >= 0.6 is 0 Å². The summed E-state index contributed by atoms with van der Waals surface area (Å²) in [7, 11) is 2.13. The van der Waals surface area contributed by atoms with Gasteiger partial charge in [-0.1, -0.05) is 25.1 Å². The minimum atomic E-state index is 0.678. The van der Waals surface area contributed by atoms with Gasteiger partial charge >= 0.3 is 0 Å². The highest BCUT2D eigenvalue weighted by atomic mass is 15.1. The molecular weight excluding hydrogens is 246 g/mol. The number of likely N-dealkylation sites (tertiary alicyclic amines) is 1. The third-order valence-corrected chi connectivity index (χ3v) is 4.60. The van der Waals surface area contributed by atoms with Crippen LogP contribution in [0.4, 0.5) is 0 Å². The first kappa shape index (κ1) is 13.7. The smallest absolute Gasteiger partial charge is 0.0481 e. The SMILES string of the molecule is CCN1CCC(NCc2cn(C)c3ccccc23)CC1. The molecule has 0 saturated carbocycles. The van der Waals surface area contributed by atoms with Crippen molar-refractivity contribution < 1.29 is 0 Å². The summed E-state index contributed by atoms with van der Waals surface area (Å²) in [5.41, 5.74) is 2.74. The number of rotatable bonds is 4. The van der Waals surface area contributed by atoms with Gasteiger partial charge in [-0.2, -0.15) is 0 Å². The Morgan fingerprint density at radius 2 is 1.95 bits per heavy atom. The number of nitrogens with one attached hydrogen (secondary N) is 1. The molecule has 3 heteroatoms. The topological polar surface area (TPSA) is 20.2 Å². The van der Waals surface area contributed by atoms with Crippen LogP contribution in [-0.4, -0.2) is 35.1 Å². The molecule has 1 saturated heterocycles. The maximum atomic E-state index is 3.75. The monoisotopic (exact) mass is 271 g/mol. The van der Waals surface area contributed by atoms with E-state index in [1.54, 1.807) is 0 Å². The number of piperidine rings is 1. The second kappa shape index (κ2) is 5.98. The molecule has 0 bridgehead atoms. The highest BCUT2D eigenvalue weighted by molar-refractivity contribution is 5.83. The van der Waals surface area contributed by atoms with Crippen molar-refractivity contribution in [3.63, 3.8) is 0 Å². The van der Waals surface area contributed by atoms with Crippen molar-refractivity contribution >= 4 is 10.9 Å². The molecular formula is C17H25N3. The van der Waals surface area contributed by atoms with Gasteiger partial charge < -0.3 is 14.8 Å². The van der Waals surface area contributed by atoms with E-state index < -0.39 is 0 Å². The third-order valence-electron chi connectivity index (χ3n) is 4.60. The first-order chi connectivity index (χ1) is 9.78. The summed E-state index contributed by atoms with van der Waals surface area (Å²) in [6, 6.07) is 9.34. The van der Waals surface area contributed by atoms with Crippen molar-refractivity contribution in [2.24, 2.45) is 7.05 Å². The average Bonchev–Trinajstić information content (AvgIpc) is 2.83. The Hall–Kier alpha value is -1.32. The van der Waals surface area contributed by atoms with Crippen LogP contribution in [0, 0.1) is 0 Å². The van der Waals surface area contributed by atoms with Crippen molar-refractivity contribution in [2.45, 2.75) is 32.4 Å². The number of nitrogens with zero attached hydrogens (tertiary/aromatic N) is 2. The van der Waals surface area contributed by atoms with Crippen LogP contribution in [0.15, 0.2) is 30.5 Å². The van der Waals surface area contributed by atoms with Gasteiger partial charge in [-0.3, -0.25) is 0 Å². The lowest BCUT2D eigenvalue weighted by Crippen LogP contribution is -2.42. The lowest BCUT2D eigenvalue weighted by Gasteiger charge is -2.31. The number of aryl methyl sites for hydroxylation is 1. The van der Waals surface area contributed by atoms with Crippen LogP contribution in [-0.2, 0) is 13.6 Å². The van der Waals surface area contributed by atoms with E-state index in [9.17, 15) is 0 Å². The Bertz CT molecular complexity index is 565. The normalized spacial score (nSPS) is 17.9. The van der Waals surface area contributed by atoms with E-state index >= 15 is 0 Å². The molecule has 3 rings (SSSR count). The summed E-state index contributed by atoms with van der Waals surface area (Å²) in [4.78, 5) is 2.54. The van der Waals surface area contributed by atoms with Crippen molar-refractivity contribution in [1.82, 2.24) is 14.8 Å². The lowest BCUT2D eigenvalue weighted by atomic mass is 10.0. The molecule has 0 amide bonds. The lowest BCUT2D eigenvalue weighted by molar-refractivity contribution is 0.206. The van der Waals surface area contributed by atoms with E-state index in [2.05, 4.69) is 59.2 Å². The number of aromatic nitrogens is 1. The Morgan fingerprint density at radius 1 is 1.20 bits per heavy atom. The highest BCUT2D eigenvalue weighted by Gasteiger charge is 2.17. The molecule has 1 N–H and O–H groups in total. The Kier molecular flexibility index (Phi) is 4.08. The predicted molar refractivity (Wildman–Crippen MR) is 84.9 cm³/mol. The second-order valence-corrected chi connectivity index (χ2v) is 5.87. The standard InChI is InChI=1S/C17H25N3/c1-3-20-10-8-15(9-11-20)18-12-14-13-19(2)17-7-5-4-6-16(14)17/h4-7,13,15,18H,3,8-12H2,1-2H3. The molecule has 3 nitrogen and oxygen atoms in total. The summed E-state index contributed by atoms with van der Waals surface area (Å²) in [5, 5.41) is 5.13. The van der Waals surface area contributed by atoms with Crippen molar-refractivity contribution in [3.05, 3.63) is 36.0 Å².